The molecule has 0 aliphatic carbocycles. The summed E-state index contributed by atoms with van der Waals surface area (Å²) in [4.78, 5) is 2.59. The van der Waals surface area contributed by atoms with E-state index in [4.69, 9.17) is 0 Å². The van der Waals surface area contributed by atoms with E-state index in [1.54, 1.807) is 0 Å². The van der Waals surface area contributed by atoms with Crippen LogP contribution >= 0.6 is 0 Å². The zero-order valence-corrected chi connectivity index (χ0v) is 9.01. The first kappa shape index (κ1) is 10.0. The summed E-state index contributed by atoms with van der Waals surface area (Å²) < 4.78 is 1.30. The summed E-state index contributed by atoms with van der Waals surface area (Å²) in [5.74, 6) is 0. The van der Waals surface area contributed by atoms with Gasteiger partial charge in [0.1, 0.15) is 6.67 Å². The fraction of sp³-hybridized carbons (Fsp3) is 1.00. The lowest BCUT2D eigenvalue weighted by Gasteiger charge is -2.32. The summed E-state index contributed by atoms with van der Waals surface area (Å²) in [6, 6.07) is 0.725. The van der Waals surface area contributed by atoms with E-state index in [0.717, 1.165) is 6.04 Å². The first-order valence-corrected chi connectivity index (χ1v) is 5.22. The normalized spacial score (nSPS) is 23.8. The van der Waals surface area contributed by atoms with Gasteiger partial charge in [0.15, 0.2) is 0 Å². The molecule has 0 aromatic heterocycles. The van der Waals surface area contributed by atoms with Gasteiger partial charge in [0.05, 0.1) is 26.2 Å². The van der Waals surface area contributed by atoms with E-state index < -0.39 is 0 Å². The molecule has 0 saturated carbocycles. The highest BCUT2D eigenvalue weighted by molar-refractivity contribution is 4.64. The molecule has 0 N–H and O–H groups in total. The molecule has 0 aromatic carbocycles. The molecule has 0 unspecified atom stereocenters. The second kappa shape index (κ2) is 3.75. The molecule has 0 bridgehead atoms. The molecule has 1 aliphatic heterocycles. The molecular formula is C10H23N2+. The van der Waals surface area contributed by atoms with Gasteiger partial charge in [-0.15, -0.1) is 0 Å². The molecule has 1 rings (SSSR count). The Morgan fingerprint density at radius 1 is 1.25 bits per heavy atom. The van der Waals surface area contributed by atoms with E-state index in [9.17, 15) is 0 Å². The number of hydrogen-bond donors (Lipinski definition) is 0. The van der Waals surface area contributed by atoms with Crippen molar-refractivity contribution < 1.29 is 4.48 Å². The molecule has 0 amide bonds. The highest BCUT2D eigenvalue weighted by atomic mass is 15.5. The van der Waals surface area contributed by atoms with Gasteiger partial charge in [-0.2, -0.15) is 0 Å². The smallest absolute Gasteiger partial charge is 0.135 e. The minimum atomic E-state index is 0.725. The van der Waals surface area contributed by atoms with Crippen molar-refractivity contribution in [3.05, 3.63) is 0 Å². The second-order valence-electron chi connectivity index (χ2n) is 4.25. The highest BCUT2D eigenvalue weighted by Crippen LogP contribution is 2.17. The van der Waals surface area contributed by atoms with Crippen LogP contribution in [-0.4, -0.2) is 48.3 Å². The lowest BCUT2D eigenvalue weighted by molar-refractivity contribution is -0.917. The van der Waals surface area contributed by atoms with Crippen LogP contribution in [0.15, 0.2) is 0 Å². The minimum absolute atomic E-state index is 0.725. The number of likely N-dealkylation sites (N-methyl/N-ethyl adjacent to an activating group) is 1. The number of nitrogens with zero attached hydrogens (tertiary/aromatic N) is 2. The van der Waals surface area contributed by atoms with Gasteiger partial charge in [0.2, 0.25) is 0 Å². The van der Waals surface area contributed by atoms with Crippen molar-refractivity contribution in [1.29, 1.82) is 0 Å². The largest absolute Gasteiger partial charge is 0.310 e. The Kier molecular flexibility index (Phi) is 3.13. The third kappa shape index (κ3) is 1.80. The standard InChI is InChI=1S/C10H23N2/c1-5-12(6-2)8-7-11(9-12)10(3)4/h10H,5-9H2,1-4H3/q+1. The molecule has 2 heteroatoms. The lowest BCUT2D eigenvalue weighted by Crippen LogP contribution is -2.47. The Hall–Kier alpha value is -0.0800. The maximum Gasteiger partial charge on any atom is 0.135 e. The first-order chi connectivity index (χ1) is 5.63. The molecule has 2 nitrogen and oxygen atoms in total. The first-order valence-electron chi connectivity index (χ1n) is 5.22. The topological polar surface area (TPSA) is 3.24 Å². The van der Waals surface area contributed by atoms with Crippen LogP contribution in [0.1, 0.15) is 27.7 Å². The SMILES string of the molecule is CC[N+]1(CC)CCN(C(C)C)C1. The van der Waals surface area contributed by atoms with E-state index >= 15 is 0 Å². The van der Waals surface area contributed by atoms with E-state index in [1.165, 1.54) is 37.3 Å². The third-order valence-electron chi connectivity index (χ3n) is 3.42. The van der Waals surface area contributed by atoms with Crippen molar-refractivity contribution in [2.45, 2.75) is 33.7 Å². The molecule has 1 aliphatic rings. The Bertz CT molecular complexity index is 139. The van der Waals surface area contributed by atoms with Crippen LogP contribution in [0, 0.1) is 0 Å². The van der Waals surface area contributed by atoms with Gasteiger partial charge in [0.25, 0.3) is 0 Å². The van der Waals surface area contributed by atoms with Crippen LogP contribution in [0.25, 0.3) is 0 Å². The van der Waals surface area contributed by atoms with E-state index in [2.05, 4.69) is 32.6 Å². The zero-order valence-electron chi connectivity index (χ0n) is 9.01. The minimum Gasteiger partial charge on any atom is -0.310 e. The summed E-state index contributed by atoms with van der Waals surface area (Å²) in [5.41, 5.74) is 0. The molecule has 0 atom stereocenters. The van der Waals surface area contributed by atoms with E-state index in [-0.39, 0.29) is 0 Å². The molecule has 1 heterocycles. The van der Waals surface area contributed by atoms with Crippen molar-refractivity contribution in [1.82, 2.24) is 4.90 Å². The predicted octanol–water partition coefficient (Wildman–Crippen LogP) is 1.52. The van der Waals surface area contributed by atoms with Crippen molar-refractivity contribution in [2.75, 3.05) is 32.8 Å². The molecule has 0 radical (unpaired) electrons. The number of quaternary nitrogens is 1. The van der Waals surface area contributed by atoms with Crippen LogP contribution in [-0.2, 0) is 0 Å². The average molecular weight is 171 g/mol. The van der Waals surface area contributed by atoms with Gasteiger partial charge in [-0.25, -0.2) is 4.90 Å². The maximum atomic E-state index is 2.59. The van der Waals surface area contributed by atoms with Gasteiger partial charge in [0, 0.05) is 6.04 Å². The van der Waals surface area contributed by atoms with E-state index in [0.29, 0.717) is 0 Å². The fourth-order valence-corrected chi connectivity index (χ4v) is 2.03. The number of hydrogen-bond acceptors (Lipinski definition) is 1. The Balaban J connectivity index is 2.52. The summed E-state index contributed by atoms with van der Waals surface area (Å²) in [6.07, 6.45) is 0. The molecule has 72 valence electrons. The van der Waals surface area contributed by atoms with Gasteiger partial charge < -0.3 is 4.48 Å². The van der Waals surface area contributed by atoms with Crippen molar-refractivity contribution in [3.8, 4) is 0 Å². The Labute approximate surface area is 76.7 Å². The van der Waals surface area contributed by atoms with Gasteiger partial charge in [-0.3, -0.25) is 0 Å². The van der Waals surface area contributed by atoms with Gasteiger partial charge in [-0.05, 0) is 27.7 Å². The zero-order chi connectivity index (χ0) is 9.19. The van der Waals surface area contributed by atoms with Crippen LogP contribution in [0.3, 0.4) is 0 Å². The van der Waals surface area contributed by atoms with E-state index in [1.807, 2.05) is 0 Å². The second-order valence-corrected chi connectivity index (χ2v) is 4.25. The monoisotopic (exact) mass is 171 g/mol. The van der Waals surface area contributed by atoms with Gasteiger partial charge >= 0.3 is 0 Å². The van der Waals surface area contributed by atoms with Crippen molar-refractivity contribution >= 4 is 0 Å². The summed E-state index contributed by atoms with van der Waals surface area (Å²) >= 11 is 0. The van der Waals surface area contributed by atoms with Crippen molar-refractivity contribution in [2.24, 2.45) is 0 Å². The summed E-state index contributed by atoms with van der Waals surface area (Å²) in [6.45, 7) is 15.7. The predicted molar refractivity (Wildman–Crippen MR) is 52.9 cm³/mol. The highest BCUT2D eigenvalue weighted by Gasteiger charge is 2.34. The maximum absolute atomic E-state index is 2.59. The molecule has 0 aromatic rings. The van der Waals surface area contributed by atoms with Crippen LogP contribution < -0.4 is 0 Å². The lowest BCUT2D eigenvalue weighted by atomic mass is 10.3. The third-order valence-corrected chi connectivity index (χ3v) is 3.42. The molecule has 12 heavy (non-hydrogen) atoms. The fourth-order valence-electron chi connectivity index (χ4n) is 2.03. The quantitative estimate of drug-likeness (QED) is 0.582. The molecular weight excluding hydrogens is 148 g/mol. The Morgan fingerprint density at radius 2 is 1.83 bits per heavy atom. The van der Waals surface area contributed by atoms with Crippen LogP contribution in [0.2, 0.25) is 0 Å². The van der Waals surface area contributed by atoms with Crippen LogP contribution in [0.5, 0.6) is 0 Å². The average Bonchev–Trinajstić information content (AvgIpc) is 2.49. The summed E-state index contributed by atoms with van der Waals surface area (Å²) in [5, 5.41) is 0. The molecule has 1 fully saturated rings. The molecule has 1 saturated heterocycles. The van der Waals surface area contributed by atoms with Gasteiger partial charge in [-0.1, -0.05) is 0 Å². The van der Waals surface area contributed by atoms with Crippen LogP contribution in [0.4, 0.5) is 0 Å². The molecule has 0 spiro atoms. The Morgan fingerprint density at radius 3 is 2.08 bits per heavy atom. The van der Waals surface area contributed by atoms with Crippen molar-refractivity contribution in [3.63, 3.8) is 0 Å². The summed E-state index contributed by atoms with van der Waals surface area (Å²) in [7, 11) is 0. The number of rotatable bonds is 3.